The smallest absolute Gasteiger partial charge is 0.290 e. The van der Waals surface area contributed by atoms with Gasteiger partial charge in [-0.3, -0.25) is 9.59 Å². The van der Waals surface area contributed by atoms with E-state index in [4.69, 9.17) is 4.74 Å². The van der Waals surface area contributed by atoms with E-state index in [1.807, 2.05) is 19.1 Å². The van der Waals surface area contributed by atoms with Crippen LogP contribution in [0.1, 0.15) is 17.5 Å². The molecule has 0 unspecified atom stereocenters. The standard InChI is InChI=1S/C20H19FN4O3/c1-12-10-25(14-4-6-15(28-2)7-5-14)18(26)11-24(12)20(27)19-22-16-8-3-13(21)9-17(16)23-19/h3-9,12H,10-11H2,1-2H3,(H,22,23)/t12-/m1/s1. The highest BCUT2D eigenvalue weighted by Gasteiger charge is 2.34. The minimum Gasteiger partial charge on any atom is -0.497 e. The number of hydrogen-bond donors (Lipinski definition) is 1. The Kier molecular flexibility index (Phi) is 4.46. The molecule has 1 atom stereocenters. The first-order valence-corrected chi connectivity index (χ1v) is 8.87. The highest BCUT2D eigenvalue weighted by molar-refractivity contribution is 6.01. The lowest BCUT2D eigenvalue weighted by molar-refractivity contribution is -0.121. The SMILES string of the molecule is COc1ccc(N2C[C@@H](C)N(C(=O)c3nc4ccc(F)cc4[nH]3)CC2=O)cc1. The quantitative estimate of drug-likeness (QED) is 0.755. The van der Waals surface area contributed by atoms with Crippen LogP contribution in [-0.4, -0.2) is 52.9 Å². The molecule has 0 bridgehead atoms. The predicted octanol–water partition coefficient (Wildman–Crippen LogP) is 2.59. The summed E-state index contributed by atoms with van der Waals surface area (Å²) in [5, 5.41) is 0. The summed E-state index contributed by atoms with van der Waals surface area (Å²) in [6.45, 7) is 2.19. The number of rotatable bonds is 3. The van der Waals surface area contributed by atoms with Crippen LogP contribution in [-0.2, 0) is 4.79 Å². The highest BCUT2D eigenvalue weighted by Crippen LogP contribution is 2.24. The number of halogens is 1. The second-order valence-electron chi connectivity index (χ2n) is 6.73. The minimum absolute atomic E-state index is 0.0581. The molecule has 28 heavy (non-hydrogen) atoms. The van der Waals surface area contributed by atoms with E-state index in [1.165, 1.54) is 23.1 Å². The van der Waals surface area contributed by atoms with Crippen LogP contribution in [0.4, 0.5) is 10.1 Å². The third-order valence-electron chi connectivity index (χ3n) is 4.88. The molecule has 1 aliphatic rings. The maximum absolute atomic E-state index is 13.4. The van der Waals surface area contributed by atoms with E-state index < -0.39 is 5.82 Å². The molecule has 0 aliphatic carbocycles. The Hall–Kier alpha value is -3.42. The Bertz CT molecular complexity index is 1050. The van der Waals surface area contributed by atoms with Crippen molar-refractivity contribution in [2.24, 2.45) is 0 Å². The lowest BCUT2D eigenvalue weighted by Gasteiger charge is -2.39. The maximum atomic E-state index is 13.4. The Morgan fingerprint density at radius 3 is 2.71 bits per heavy atom. The first-order valence-electron chi connectivity index (χ1n) is 8.87. The number of nitrogens with zero attached hydrogens (tertiary/aromatic N) is 3. The molecule has 7 nitrogen and oxygen atoms in total. The molecule has 2 amide bonds. The van der Waals surface area contributed by atoms with Crippen molar-refractivity contribution in [2.45, 2.75) is 13.0 Å². The second-order valence-corrected chi connectivity index (χ2v) is 6.73. The minimum atomic E-state index is -0.410. The fourth-order valence-corrected chi connectivity index (χ4v) is 3.35. The van der Waals surface area contributed by atoms with Gasteiger partial charge in [-0.2, -0.15) is 0 Å². The number of methoxy groups -OCH3 is 1. The first kappa shape index (κ1) is 18.0. The van der Waals surface area contributed by atoms with Gasteiger partial charge >= 0.3 is 0 Å². The zero-order valence-electron chi connectivity index (χ0n) is 15.5. The van der Waals surface area contributed by atoms with Gasteiger partial charge in [-0.15, -0.1) is 0 Å². The number of aromatic nitrogens is 2. The molecule has 0 saturated carbocycles. The number of hydrogen-bond acceptors (Lipinski definition) is 4. The molecular weight excluding hydrogens is 363 g/mol. The fourth-order valence-electron chi connectivity index (χ4n) is 3.35. The number of carbonyl (C=O) groups excluding carboxylic acids is 2. The van der Waals surface area contributed by atoms with E-state index >= 15 is 0 Å². The molecule has 4 rings (SSSR count). The van der Waals surface area contributed by atoms with Gasteiger partial charge in [0.25, 0.3) is 5.91 Å². The predicted molar refractivity (Wildman–Crippen MR) is 102 cm³/mol. The molecule has 144 valence electrons. The van der Waals surface area contributed by atoms with Crippen molar-refractivity contribution in [1.82, 2.24) is 14.9 Å². The number of carbonyl (C=O) groups is 2. The monoisotopic (exact) mass is 382 g/mol. The number of H-pyrrole nitrogens is 1. The van der Waals surface area contributed by atoms with Crippen LogP contribution < -0.4 is 9.64 Å². The Balaban J connectivity index is 1.54. The summed E-state index contributed by atoms with van der Waals surface area (Å²) in [5.41, 5.74) is 1.70. The van der Waals surface area contributed by atoms with Gasteiger partial charge in [0.2, 0.25) is 5.91 Å². The van der Waals surface area contributed by atoms with Crippen LogP contribution >= 0.6 is 0 Å². The molecule has 1 fully saturated rings. The summed E-state index contributed by atoms with van der Waals surface area (Å²) in [7, 11) is 1.58. The number of ether oxygens (including phenoxy) is 1. The van der Waals surface area contributed by atoms with E-state index in [0.717, 1.165) is 5.69 Å². The zero-order chi connectivity index (χ0) is 19.8. The van der Waals surface area contributed by atoms with Crippen molar-refractivity contribution in [3.05, 3.63) is 54.1 Å². The highest BCUT2D eigenvalue weighted by atomic mass is 19.1. The number of imidazole rings is 1. The molecule has 2 heterocycles. The van der Waals surface area contributed by atoms with Gasteiger partial charge in [0, 0.05) is 18.3 Å². The van der Waals surface area contributed by atoms with Gasteiger partial charge in [0.15, 0.2) is 5.82 Å². The summed E-state index contributed by atoms with van der Waals surface area (Å²) in [5.74, 6) is -0.171. The van der Waals surface area contributed by atoms with Crippen LogP contribution in [0.5, 0.6) is 5.75 Å². The van der Waals surface area contributed by atoms with Crippen molar-refractivity contribution in [3.63, 3.8) is 0 Å². The molecule has 0 radical (unpaired) electrons. The summed E-state index contributed by atoms with van der Waals surface area (Å²) in [6.07, 6.45) is 0. The van der Waals surface area contributed by atoms with Crippen molar-refractivity contribution >= 4 is 28.5 Å². The molecule has 8 heteroatoms. The van der Waals surface area contributed by atoms with E-state index in [2.05, 4.69) is 9.97 Å². The van der Waals surface area contributed by atoms with Crippen molar-refractivity contribution in [3.8, 4) is 5.75 Å². The normalized spacial score (nSPS) is 17.2. The lowest BCUT2D eigenvalue weighted by Crippen LogP contribution is -2.57. The molecule has 0 spiro atoms. The van der Waals surface area contributed by atoms with Crippen LogP contribution in [0, 0.1) is 5.82 Å². The van der Waals surface area contributed by atoms with E-state index in [1.54, 1.807) is 24.1 Å². The number of anilines is 1. The Morgan fingerprint density at radius 2 is 2.00 bits per heavy atom. The maximum Gasteiger partial charge on any atom is 0.290 e. The zero-order valence-corrected chi connectivity index (χ0v) is 15.5. The number of nitrogens with one attached hydrogen (secondary N) is 1. The van der Waals surface area contributed by atoms with Gasteiger partial charge in [-0.05, 0) is 49.4 Å². The molecule has 1 aliphatic heterocycles. The van der Waals surface area contributed by atoms with Crippen molar-refractivity contribution in [2.75, 3.05) is 25.1 Å². The number of aromatic amines is 1. The average molecular weight is 382 g/mol. The fraction of sp³-hybridized carbons (Fsp3) is 0.250. The number of fused-ring (bicyclic) bond motifs is 1. The Labute approximate surface area is 160 Å². The third kappa shape index (κ3) is 3.17. The summed E-state index contributed by atoms with van der Waals surface area (Å²) < 4.78 is 18.5. The van der Waals surface area contributed by atoms with E-state index in [0.29, 0.717) is 23.3 Å². The van der Waals surface area contributed by atoms with Crippen LogP contribution in [0.2, 0.25) is 0 Å². The molecular formula is C20H19FN4O3. The summed E-state index contributed by atoms with van der Waals surface area (Å²) in [4.78, 5) is 35.8. The van der Waals surface area contributed by atoms with Gasteiger partial charge in [0.05, 0.1) is 18.1 Å². The average Bonchev–Trinajstić information content (AvgIpc) is 3.12. The van der Waals surface area contributed by atoms with Crippen molar-refractivity contribution < 1.29 is 18.7 Å². The molecule has 1 saturated heterocycles. The second kappa shape index (κ2) is 6.95. The number of piperazine rings is 1. The topological polar surface area (TPSA) is 78.5 Å². The Morgan fingerprint density at radius 1 is 1.25 bits per heavy atom. The summed E-state index contributed by atoms with van der Waals surface area (Å²) >= 11 is 0. The molecule has 3 aromatic rings. The van der Waals surface area contributed by atoms with Crippen LogP contribution in [0.15, 0.2) is 42.5 Å². The lowest BCUT2D eigenvalue weighted by atomic mass is 10.1. The largest absolute Gasteiger partial charge is 0.497 e. The van der Waals surface area contributed by atoms with E-state index in [9.17, 15) is 14.0 Å². The van der Waals surface area contributed by atoms with Gasteiger partial charge < -0.3 is 19.5 Å². The molecule has 2 aromatic carbocycles. The third-order valence-corrected chi connectivity index (χ3v) is 4.88. The number of benzene rings is 2. The van der Waals surface area contributed by atoms with Gasteiger partial charge in [-0.1, -0.05) is 0 Å². The molecule has 1 aromatic heterocycles. The molecule has 1 N–H and O–H groups in total. The van der Waals surface area contributed by atoms with Crippen molar-refractivity contribution in [1.29, 1.82) is 0 Å². The van der Waals surface area contributed by atoms with Crippen LogP contribution in [0.3, 0.4) is 0 Å². The van der Waals surface area contributed by atoms with Gasteiger partial charge in [-0.25, -0.2) is 9.37 Å². The first-order chi connectivity index (χ1) is 13.5. The van der Waals surface area contributed by atoms with E-state index in [-0.39, 0.29) is 30.2 Å². The number of amides is 2. The van der Waals surface area contributed by atoms with Crippen LogP contribution in [0.25, 0.3) is 11.0 Å². The van der Waals surface area contributed by atoms with Gasteiger partial charge in [0.1, 0.15) is 18.1 Å². The summed E-state index contributed by atoms with van der Waals surface area (Å²) in [6, 6.07) is 11.1.